The van der Waals surface area contributed by atoms with Crippen molar-refractivity contribution in [1.29, 1.82) is 0 Å². The van der Waals surface area contributed by atoms with Crippen LogP contribution in [0.15, 0.2) is 30.3 Å². The number of hydrogen-bond donors (Lipinski definition) is 1. The van der Waals surface area contributed by atoms with Crippen molar-refractivity contribution < 1.29 is 4.74 Å². The van der Waals surface area contributed by atoms with Gasteiger partial charge >= 0.3 is 0 Å². The van der Waals surface area contributed by atoms with Gasteiger partial charge in [-0.25, -0.2) is 4.98 Å². The summed E-state index contributed by atoms with van der Waals surface area (Å²) in [6, 6.07) is 10.2. The molecule has 0 spiro atoms. The third kappa shape index (κ3) is 2.55. The largest absolute Gasteiger partial charge is 0.383 e. The van der Waals surface area contributed by atoms with Crippen molar-refractivity contribution in [2.45, 2.75) is 19.1 Å². The maximum absolute atomic E-state index is 6.06. The molecule has 2 N–H and O–H groups in total. The first-order chi connectivity index (χ1) is 9.26. The number of para-hydroxylation sites is 1. The van der Waals surface area contributed by atoms with Crippen molar-refractivity contribution in [2.24, 2.45) is 0 Å². The monoisotopic (exact) mass is 257 g/mol. The molecule has 3 rings (SSSR count). The lowest BCUT2D eigenvalue weighted by molar-refractivity contribution is 0.107. The average molecular weight is 257 g/mol. The van der Waals surface area contributed by atoms with Gasteiger partial charge in [-0.3, -0.25) is 4.90 Å². The van der Waals surface area contributed by atoms with Gasteiger partial charge in [0.2, 0.25) is 0 Å². The van der Waals surface area contributed by atoms with Crippen molar-refractivity contribution in [3.05, 3.63) is 35.9 Å². The first kappa shape index (κ1) is 12.4. The van der Waals surface area contributed by atoms with E-state index in [-0.39, 0.29) is 0 Å². The minimum absolute atomic E-state index is 0.356. The number of pyridine rings is 1. The van der Waals surface area contributed by atoms with Crippen LogP contribution < -0.4 is 5.73 Å². The van der Waals surface area contributed by atoms with E-state index in [4.69, 9.17) is 10.5 Å². The quantitative estimate of drug-likeness (QED) is 0.914. The lowest BCUT2D eigenvalue weighted by Gasteiger charge is -2.17. The second-order valence-corrected chi connectivity index (χ2v) is 5.11. The SMILES string of the molecule is COC1CCN(Cc2cc3ccccc3nc2N)C1. The van der Waals surface area contributed by atoms with Crippen LogP contribution in [0.3, 0.4) is 0 Å². The van der Waals surface area contributed by atoms with Crippen molar-refractivity contribution >= 4 is 16.7 Å². The number of nitrogens with two attached hydrogens (primary N) is 1. The number of likely N-dealkylation sites (tertiary alicyclic amines) is 1. The number of nitrogen functional groups attached to an aromatic ring is 1. The van der Waals surface area contributed by atoms with E-state index in [9.17, 15) is 0 Å². The Morgan fingerprint density at radius 3 is 3.05 bits per heavy atom. The number of anilines is 1. The molecule has 1 aromatic heterocycles. The molecular formula is C15H19N3O. The lowest BCUT2D eigenvalue weighted by Crippen LogP contribution is -2.23. The fourth-order valence-corrected chi connectivity index (χ4v) is 2.68. The first-order valence-electron chi connectivity index (χ1n) is 6.65. The second kappa shape index (κ2) is 5.15. The molecule has 2 aromatic rings. The fraction of sp³-hybridized carbons (Fsp3) is 0.400. The topological polar surface area (TPSA) is 51.4 Å². The highest BCUT2D eigenvalue weighted by molar-refractivity contribution is 5.81. The Kier molecular flexibility index (Phi) is 3.36. The van der Waals surface area contributed by atoms with Gasteiger partial charge < -0.3 is 10.5 Å². The zero-order valence-electron chi connectivity index (χ0n) is 11.2. The Bertz CT molecular complexity index is 585. The van der Waals surface area contributed by atoms with Crippen molar-refractivity contribution in [3.63, 3.8) is 0 Å². The van der Waals surface area contributed by atoms with Crippen molar-refractivity contribution in [3.8, 4) is 0 Å². The molecule has 19 heavy (non-hydrogen) atoms. The van der Waals surface area contributed by atoms with Gasteiger partial charge in [-0.05, 0) is 18.6 Å². The predicted octanol–water partition coefficient (Wildman–Crippen LogP) is 2.04. The minimum Gasteiger partial charge on any atom is -0.383 e. The number of nitrogens with zero attached hydrogens (tertiary/aromatic N) is 2. The highest BCUT2D eigenvalue weighted by atomic mass is 16.5. The Morgan fingerprint density at radius 2 is 2.26 bits per heavy atom. The van der Waals surface area contributed by atoms with Crippen LogP contribution in [0.2, 0.25) is 0 Å². The van der Waals surface area contributed by atoms with Gasteiger partial charge in [-0.2, -0.15) is 0 Å². The average Bonchev–Trinajstić information content (AvgIpc) is 2.87. The van der Waals surface area contributed by atoms with Crippen LogP contribution in [0.25, 0.3) is 10.9 Å². The summed E-state index contributed by atoms with van der Waals surface area (Å²) in [4.78, 5) is 6.85. The summed E-state index contributed by atoms with van der Waals surface area (Å²) >= 11 is 0. The molecule has 100 valence electrons. The van der Waals surface area contributed by atoms with Gasteiger partial charge in [0.05, 0.1) is 11.6 Å². The summed E-state index contributed by atoms with van der Waals surface area (Å²) in [5.41, 5.74) is 8.13. The van der Waals surface area contributed by atoms with Crippen molar-refractivity contribution in [1.82, 2.24) is 9.88 Å². The Labute approximate surface area is 113 Å². The number of rotatable bonds is 3. The van der Waals surface area contributed by atoms with E-state index < -0.39 is 0 Å². The summed E-state index contributed by atoms with van der Waals surface area (Å²) in [6.45, 7) is 2.89. The smallest absolute Gasteiger partial charge is 0.128 e. The van der Waals surface area contributed by atoms with Crippen LogP contribution >= 0.6 is 0 Å². The van der Waals surface area contributed by atoms with Gasteiger partial charge in [-0.1, -0.05) is 18.2 Å². The van der Waals surface area contributed by atoms with E-state index in [0.29, 0.717) is 11.9 Å². The molecule has 4 heteroatoms. The van der Waals surface area contributed by atoms with E-state index in [0.717, 1.165) is 42.5 Å². The number of ether oxygens (including phenoxy) is 1. The number of methoxy groups -OCH3 is 1. The highest BCUT2D eigenvalue weighted by Gasteiger charge is 2.22. The third-order valence-electron chi connectivity index (χ3n) is 3.79. The van der Waals surface area contributed by atoms with E-state index in [1.807, 2.05) is 18.2 Å². The van der Waals surface area contributed by atoms with E-state index in [2.05, 4.69) is 22.0 Å². The normalized spacial score (nSPS) is 20.2. The van der Waals surface area contributed by atoms with Crippen LogP contribution in [0.1, 0.15) is 12.0 Å². The van der Waals surface area contributed by atoms with Gasteiger partial charge in [0.1, 0.15) is 5.82 Å². The second-order valence-electron chi connectivity index (χ2n) is 5.11. The molecule has 1 atom stereocenters. The molecule has 0 amide bonds. The van der Waals surface area contributed by atoms with Crippen LogP contribution in [0.4, 0.5) is 5.82 Å². The predicted molar refractivity (Wildman–Crippen MR) is 76.8 cm³/mol. The summed E-state index contributed by atoms with van der Waals surface area (Å²) in [6.07, 6.45) is 1.45. The summed E-state index contributed by atoms with van der Waals surface area (Å²) in [5, 5.41) is 1.15. The van der Waals surface area contributed by atoms with Crippen LogP contribution in [0, 0.1) is 0 Å². The number of hydrogen-bond acceptors (Lipinski definition) is 4. The summed E-state index contributed by atoms with van der Waals surface area (Å²) in [5.74, 6) is 0.638. The molecule has 1 saturated heterocycles. The van der Waals surface area contributed by atoms with Crippen LogP contribution in [-0.2, 0) is 11.3 Å². The third-order valence-corrected chi connectivity index (χ3v) is 3.79. The maximum Gasteiger partial charge on any atom is 0.128 e. The summed E-state index contributed by atoms with van der Waals surface area (Å²) in [7, 11) is 1.78. The van der Waals surface area contributed by atoms with Crippen LogP contribution in [-0.4, -0.2) is 36.2 Å². The van der Waals surface area contributed by atoms with E-state index in [1.165, 1.54) is 0 Å². The molecule has 0 saturated carbocycles. The molecule has 4 nitrogen and oxygen atoms in total. The Morgan fingerprint density at radius 1 is 1.42 bits per heavy atom. The zero-order valence-corrected chi connectivity index (χ0v) is 11.2. The first-order valence-corrected chi connectivity index (χ1v) is 6.65. The Balaban J connectivity index is 1.83. The fourth-order valence-electron chi connectivity index (χ4n) is 2.68. The lowest BCUT2D eigenvalue weighted by atomic mass is 10.1. The molecule has 1 aliphatic rings. The maximum atomic E-state index is 6.06. The molecule has 0 aliphatic carbocycles. The molecule has 1 aliphatic heterocycles. The molecular weight excluding hydrogens is 238 g/mol. The molecule has 1 fully saturated rings. The van der Waals surface area contributed by atoms with Crippen LogP contribution in [0.5, 0.6) is 0 Å². The number of benzene rings is 1. The zero-order chi connectivity index (χ0) is 13.2. The molecule has 1 unspecified atom stereocenters. The van der Waals surface area contributed by atoms with Gasteiger partial charge in [0.25, 0.3) is 0 Å². The van der Waals surface area contributed by atoms with E-state index in [1.54, 1.807) is 7.11 Å². The van der Waals surface area contributed by atoms with Gasteiger partial charge in [0, 0.05) is 37.7 Å². The summed E-state index contributed by atoms with van der Waals surface area (Å²) < 4.78 is 5.39. The number of aromatic nitrogens is 1. The molecule has 0 bridgehead atoms. The molecule has 0 radical (unpaired) electrons. The minimum atomic E-state index is 0.356. The van der Waals surface area contributed by atoms with Crippen molar-refractivity contribution in [2.75, 3.05) is 25.9 Å². The highest BCUT2D eigenvalue weighted by Crippen LogP contribution is 2.22. The number of fused-ring (bicyclic) bond motifs is 1. The van der Waals surface area contributed by atoms with Gasteiger partial charge in [0.15, 0.2) is 0 Å². The molecule has 1 aromatic carbocycles. The van der Waals surface area contributed by atoms with E-state index >= 15 is 0 Å². The standard InChI is InChI=1S/C15H19N3O/c1-19-13-6-7-18(10-13)9-12-8-11-4-2-3-5-14(11)17-15(12)16/h2-5,8,13H,6-7,9-10H2,1H3,(H2,16,17). The Hall–Kier alpha value is -1.65. The molecule has 2 heterocycles. The van der Waals surface area contributed by atoms with Gasteiger partial charge in [-0.15, -0.1) is 0 Å².